The molecule has 0 spiro atoms. The van der Waals surface area contributed by atoms with Gasteiger partial charge in [-0.15, -0.1) is 0 Å². The molecule has 1 N–H and O–H groups in total. The minimum absolute atomic E-state index is 0.0428. The van der Waals surface area contributed by atoms with Gasteiger partial charge in [-0.05, 0) is 12.5 Å². The lowest BCUT2D eigenvalue weighted by molar-refractivity contribution is 0.00718. The molecular formula is C11H21N3O2. The smallest absolute Gasteiger partial charge is 0.228 e. The van der Waals surface area contributed by atoms with Gasteiger partial charge in [0.2, 0.25) is 11.7 Å². The third-order valence-corrected chi connectivity index (χ3v) is 2.33. The van der Waals surface area contributed by atoms with Crippen LogP contribution in [0.25, 0.3) is 0 Å². The van der Waals surface area contributed by atoms with E-state index >= 15 is 0 Å². The number of ether oxygens (including phenoxy) is 1. The van der Waals surface area contributed by atoms with Crippen LogP contribution in [-0.2, 0) is 11.2 Å². The molecular weight excluding hydrogens is 206 g/mol. The Labute approximate surface area is 96.6 Å². The number of hydrogen-bond acceptors (Lipinski definition) is 5. The van der Waals surface area contributed by atoms with Crippen molar-refractivity contribution in [3.8, 4) is 0 Å². The largest absolute Gasteiger partial charge is 0.373 e. The minimum atomic E-state index is -0.139. The zero-order chi connectivity index (χ0) is 12.2. The van der Waals surface area contributed by atoms with Gasteiger partial charge in [0, 0.05) is 20.1 Å². The third-order valence-electron chi connectivity index (χ3n) is 2.33. The maximum Gasteiger partial charge on any atom is 0.228 e. The Hall–Kier alpha value is -0.940. The lowest BCUT2D eigenvalue weighted by Crippen LogP contribution is -2.21. The van der Waals surface area contributed by atoms with Gasteiger partial charge in [-0.25, -0.2) is 0 Å². The molecule has 1 unspecified atom stereocenters. The fourth-order valence-corrected chi connectivity index (χ4v) is 1.55. The number of rotatable bonds is 5. The van der Waals surface area contributed by atoms with Gasteiger partial charge in [0.1, 0.15) is 6.10 Å². The summed E-state index contributed by atoms with van der Waals surface area (Å²) in [6.07, 6.45) is 0.601. The fourth-order valence-electron chi connectivity index (χ4n) is 1.55. The van der Waals surface area contributed by atoms with Crippen LogP contribution in [0.15, 0.2) is 4.52 Å². The van der Waals surface area contributed by atoms with E-state index in [1.807, 2.05) is 7.05 Å². The Bertz CT molecular complexity index is 317. The summed E-state index contributed by atoms with van der Waals surface area (Å²) in [5, 5.41) is 7.01. The van der Waals surface area contributed by atoms with Crippen LogP contribution < -0.4 is 5.32 Å². The number of methoxy groups -OCH3 is 1. The first-order valence-electron chi connectivity index (χ1n) is 5.49. The Morgan fingerprint density at radius 2 is 2.12 bits per heavy atom. The van der Waals surface area contributed by atoms with Gasteiger partial charge < -0.3 is 14.6 Å². The zero-order valence-electron chi connectivity index (χ0n) is 10.7. The van der Waals surface area contributed by atoms with Crippen LogP contribution in [0, 0.1) is 5.41 Å². The second kappa shape index (κ2) is 5.41. The second-order valence-electron chi connectivity index (χ2n) is 4.88. The standard InChI is InChI=1S/C11H21N3O2/c1-11(2,3)9(15-5)10-13-8(16-14-10)6-7-12-4/h9,12H,6-7H2,1-5H3. The number of aromatic nitrogens is 2. The highest BCUT2D eigenvalue weighted by molar-refractivity contribution is 4.96. The van der Waals surface area contributed by atoms with Crippen molar-refractivity contribution in [1.82, 2.24) is 15.5 Å². The molecule has 0 aliphatic carbocycles. The van der Waals surface area contributed by atoms with Gasteiger partial charge >= 0.3 is 0 Å². The van der Waals surface area contributed by atoms with Crippen molar-refractivity contribution in [2.45, 2.75) is 33.3 Å². The quantitative estimate of drug-likeness (QED) is 0.827. The van der Waals surface area contributed by atoms with Gasteiger partial charge in [-0.1, -0.05) is 25.9 Å². The Morgan fingerprint density at radius 1 is 1.44 bits per heavy atom. The van der Waals surface area contributed by atoms with E-state index in [1.54, 1.807) is 7.11 Å². The molecule has 92 valence electrons. The van der Waals surface area contributed by atoms with E-state index in [2.05, 4.69) is 36.2 Å². The second-order valence-corrected chi connectivity index (χ2v) is 4.88. The lowest BCUT2D eigenvalue weighted by Gasteiger charge is -2.26. The van der Waals surface area contributed by atoms with E-state index in [4.69, 9.17) is 9.26 Å². The SMILES string of the molecule is CNCCc1nc(C(OC)C(C)(C)C)no1. The van der Waals surface area contributed by atoms with E-state index in [9.17, 15) is 0 Å². The van der Waals surface area contributed by atoms with Gasteiger partial charge in [-0.2, -0.15) is 4.98 Å². The summed E-state index contributed by atoms with van der Waals surface area (Å²) in [7, 11) is 3.56. The number of hydrogen-bond donors (Lipinski definition) is 1. The van der Waals surface area contributed by atoms with Crippen molar-refractivity contribution in [1.29, 1.82) is 0 Å². The summed E-state index contributed by atoms with van der Waals surface area (Å²) < 4.78 is 10.6. The molecule has 0 aliphatic rings. The molecule has 0 fully saturated rings. The van der Waals surface area contributed by atoms with Crippen molar-refractivity contribution in [3.63, 3.8) is 0 Å². The van der Waals surface area contributed by atoms with Crippen LogP contribution in [0.5, 0.6) is 0 Å². The van der Waals surface area contributed by atoms with Gasteiger partial charge in [0.05, 0.1) is 0 Å². The minimum Gasteiger partial charge on any atom is -0.373 e. The summed E-state index contributed by atoms with van der Waals surface area (Å²) >= 11 is 0. The van der Waals surface area contributed by atoms with Crippen LogP contribution in [-0.4, -0.2) is 30.8 Å². The molecule has 5 heteroatoms. The maximum absolute atomic E-state index is 5.42. The maximum atomic E-state index is 5.42. The summed E-state index contributed by atoms with van der Waals surface area (Å²) in [6.45, 7) is 7.09. The van der Waals surface area contributed by atoms with Crippen molar-refractivity contribution in [2.24, 2.45) is 5.41 Å². The molecule has 0 saturated carbocycles. The molecule has 16 heavy (non-hydrogen) atoms. The average Bonchev–Trinajstić information content (AvgIpc) is 2.62. The van der Waals surface area contributed by atoms with E-state index in [1.165, 1.54) is 0 Å². The Kier molecular flexibility index (Phi) is 4.44. The number of likely N-dealkylation sites (N-methyl/N-ethyl adjacent to an activating group) is 1. The lowest BCUT2D eigenvalue weighted by atomic mass is 9.88. The topological polar surface area (TPSA) is 60.2 Å². The van der Waals surface area contributed by atoms with Crippen LogP contribution in [0.1, 0.15) is 38.6 Å². The molecule has 0 saturated heterocycles. The van der Waals surface area contributed by atoms with Gasteiger partial charge in [-0.3, -0.25) is 0 Å². The predicted molar refractivity (Wildman–Crippen MR) is 61.1 cm³/mol. The van der Waals surface area contributed by atoms with Crippen LogP contribution in [0.2, 0.25) is 0 Å². The fraction of sp³-hybridized carbons (Fsp3) is 0.818. The van der Waals surface area contributed by atoms with Crippen molar-refractivity contribution in [3.05, 3.63) is 11.7 Å². The van der Waals surface area contributed by atoms with Crippen molar-refractivity contribution >= 4 is 0 Å². The summed E-state index contributed by atoms with van der Waals surface area (Å²) in [5.41, 5.74) is -0.0428. The van der Waals surface area contributed by atoms with Gasteiger partial charge in [0.15, 0.2) is 0 Å². The van der Waals surface area contributed by atoms with Crippen molar-refractivity contribution < 1.29 is 9.26 Å². The van der Waals surface area contributed by atoms with Crippen molar-refractivity contribution in [2.75, 3.05) is 20.7 Å². The molecule has 0 aliphatic heterocycles. The first kappa shape index (κ1) is 13.1. The highest BCUT2D eigenvalue weighted by Gasteiger charge is 2.30. The number of nitrogens with one attached hydrogen (secondary N) is 1. The predicted octanol–water partition coefficient (Wildman–Crippen LogP) is 1.57. The summed E-state index contributed by atoms with van der Waals surface area (Å²) in [6, 6.07) is 0. The first-order chi connectivity index (χ1) is 7.49. The monoisotopic (exact) mass is 227 g/mol. The van der Waals surface area contributed by atoms with E-state index < -0.39 is 0 Å². The molecule has 1 aromatic rings. The van der Waals surface area contributed by atoms with E-state index in [0.717, 1.165) is 13.0 Å². The highest BCUT2D eigenvalue weighted by atomic mass is 16.5. The van der Waals surface area contributed by atoms with E-state index in [0.29, 0.717) is 11.7 Å². The molecule has 0 bridgehead atoms. The number of nitrogens with zero attached hydrogens (tertiary/aromatic N) is 2. The normalized spacial score (nSPS) is 14.1. The molecule has 0 radical (unpaired) electrons. The van der Waals surface area contributed by atoms with Crippen LogP contribution >= 0.6 is 0 Å². The van der Waals surface area contributed by atoms with Crippen LogP contribution in [0.4, 0.5) is 0 Å². The Morgan fingerprint density at radius 3 is 2.62 bits per heavy atom. The summed E-state index contributed by atoms with van der Waals surface area (Å²) in [5.74, 6) is 1.27. The molecule has 1 aromatic heterocycles. The average molecular weight is 227 g/mol. The molecule has 1 rings (SSSR count). The first-order valence-corrected chi connectivity index (χ1v) is 5.49. The summed E-state index contributed by atoms with van der Waals surface area (Å²) in [4.78, 5) is 4.34. The molecule has 1 heterocycles. The molecule has 1 atom stereocenters. The van der Waals surface area contributed by atoms with Crippen LogP contribution in [0.3, 0.4) is 0 Å². The molecule has 0 amide bonds. The third kappa shape index (κ3) is 3.28. The zero-order valence-corrected chi connectivity index (χ0v) is 10.7. The highest BCUT2D eigenvalue weighted by Crippen LogP contribution is 2.33. The van der Waals surface area contributed by atoms with E-state index in [-0.39, 0.29) is 11.5 Å². The molecule has 5 nitrogen and oxygen atoms in total. The molecule has 0 aromatic carbocycles. The van der Waals surface area contributed by atoms with Gasteiger partial charge in [0.25, 0.3) is 0 Å². The Balaban J connectivity index is 2.75.